The molecule has 37 heavy (non-hydrogen) atoms. The van der Waals surface area contributed by atoms with Crippen LogP contribution in [0.1, 0.15) is 35.8 Å². The van der Waals surface area contributed by atoms with Gasteiger partial charge in [-0.05, 0) is 47.5 Å². The fourth-order valence-electron chi connectivity index (χ4n) is 5.99. The third-order valence-electron chi connectivity index (χ3n) is 7.79. The lowest BCUT2D eigenvalue weighted by molar-refractivity contribution is 0.0790. The van der Waals surface area contributed by atoms with E-state index >= 15 is 0 Å². The average Bonchev–Trinajstić information content (AvgIpc) is 3.58. The maximum absolute atomic E-state index is 13.6. The summed E-state index contributed by atoms with van der Waals surface area (Å²) < 4.78 is 13.4. The number of ether oxygens (including phenoxy) is 2. The minimum atomic E-state index is -0.372. The van der Waals surface area contributed by atoms with Crippen molar-refractivity contribution in [3.8, 4) is 11.5 Å². The van der Waals surface area contributed by atoms with Crippen LogP contribution >= 0.6 is 0 Å². The van der Waals surface area contributed by atoms with Crippen LogP contribution in [0.5, 0.6) is 11.5 Å². The van der Waals surface area contributed by atoms with Crippen LogP contribution < -0.4 is 15.0 Å². The van der Waals surface area contributed by atoms with E-state index in [-0.39, 0.29) is 11.6 Å². The Balaban J connectivity index is 1.33. The van der Waals surface area contributed by atoms with Gasteiger partial charge in [0.2, 0.25) is 0 Å². The largest absolute Gasteiger partial charge is 0.486 e. The van der Waals surface area contributed by atoms with Crippen LogP contribution in [0, 0.1) is 0 Å². The zero-order valence-corrected chi connectivity index (χ0v) is 20.5. The molecule has 0 radical (unpaired) electrons. The molecule has 1 N–H and O–H groups in total. The Kier molecular flexibility index (Phi) is 5.63. The normalized spacial score (nSPS) is 20.7. The molecule has 0 spiro atoms. The number of piperazine rings is 1. The number of nitrogens with zero attached hydrogens (tertiary/aromatic N) is 6. The first kappa shape index (κ1) is 22.4. The number of hydrogen-bond acceptors (Lipinski definition) is 8. The van der Waals surface area contributed by atoms with Crippen molar-refractivity contribution in [3.05, 3.63) is 75.8 Å². The first-order chi connectivity index (χ1) is 18.2. The molecule has 5 heterocycles. The number of benzene rings is 2. The van der Waals surface area contributed by atoms with Crippen LogP contribution in [0.4, 0.5) is 0 Å². The second-order valence-corrected chi connectivity index (χ2v) is 10.0. The van der Waals surface area contributed by atoms with Crippen molar-refractivity contribution < 1.29 is 9.47 Å². The summed E-state index contributed by atoms with van der Waals surface area (Å²) in [5, 5.41) is 13.8. The molecule has 4 aromatic rings. The molecule has 2 aromatic carbocycles. The molecular formula is C27H29N7O3. The molecule has 2 fully saturated rings. The molecule has 3 aliphatic heterocycles. The second-order valence-electron chi connectivity index (χ2n) is 10.0. The van der Waals surface area contributed by atoms with E-state index in [1.807, 2.05) is 41.1 Å². The van der Waals surface area contributed by atoms with Crippen molar-refractivity contribution >= 4 is 10.9 Å². The van der Waals surface area contributed by atoms with Crippen molar-refractivity contribution in [2.45, 2.75) is 31.5 Å². The summed E-state index contributed by atoms with van der Waals surface area (Å²) >= 11 is 0. The predicted octanol–water partition coefficient (Wildman–Crippen LogP) is 2.20. The third kappa shape index (κ3) is 4.15. The highest BCUT2D eigenvalue weighted by Gasteiger charge is 2.37. The average molecular weight is 500 g/mol. The Morgan fingerprint density at radius 3 is 2.73 bits per heavy atom. The van der Waals surface area contributed by atoms with Gasteiger partial charge in [0.05, 0.1) is 12.1 Å². The zero-order chi connectivity index (χ0) is 24.8. The zero-order valence-electron chi connectivity index (χ0n) is 20.5. The molecular weight excluding hydrogens is 470 g/mol. The Bertz CT molecular complexity index is 1480. The van der Waals surface area contributed by atoms with E-state index in [1.54, 1.807) is 0 Å². The quantitative estimate of drug-likeness (QED) is 0.446. The number of rotatable bonds is 5. The number of fused-ring (bicyclic) bond motifs is 3. The van der Waals surface area contributed by atoms with Gasteiger partial charge in [-0.1, -0.05) is 30.3 Å². The van der Waals surface area contributed by atoms with Crippen LogP contribution in [0.3, 0.4) is 0 Å². The van der Waals surface area contributed by atoms with Gasteiger partial charge in [-0.25, -0.2) is 4.68 Å². The van der Waals surface area contributed by atoms with Gasteiger partial charge in [0, 0.05) is 42.7 Å². The van der Waals surface area contributed by atoms with Gasteiger partial charge in [-0.3, -0.25) is 14.6 Å². The molecule has 10 nitrogen and oxygen atoms in total. The number of H-pyrrole nitrogens is 1. The lowest BCUT2D eigenvalue weighted by Crippen LogP contribution is -2.52. The van der Waals surface area contributed by atoms with E-state index in [0.29, 0.717) is 48.7 Å². The molecule has 0 saturated carbocycles. The van der Waals surface area contributed by atoms with Crippen LogP contribution in [-0.4, -0.2) is 80.4 Å². The van der Waals surface area contributed by atoms with Crippen molar-refractivity contribution in [1.29, 1.82) is 0 Å². The topological polar surface area (TPSA) is 101 Å². The fourth-order valence-corrected chi connectivity index (χ4v) is 5.99. The maximum Gasteiger partial charge on any atom is 0.253 e. The van der Waals surface area contributed by atoms with Crippen LogP contribution in [0.15, 0.2) is 53.3 Å². The number of pyridine rings is 1. The van der Waals surface area contributed by atoms with Crippen molar-refractivity contribution in [2.24, 2.45) is 0 Å². The molecule has 190 valence electrons. The highest BCUT2D eigenvalue weighted by atomic mass is 16.6. The second kappa shape index (κ2) is 9.28. The van der Waals surface area contributed by atoms with Crippen LogP contribution in [-0.2, 0) is 6.54 Å². The van der Waals surface area contributed by atoms with E-state index in [1.165, 1.54) is 12.8 Å². The lowest BCUT2D eigenvalue weighted by atomic mass is 10.0. The molecule has 2 saturated heterocycles. The van der Waals surface area contributed by atoms with Gasteiger partial charge in [-0.2, -0.15) is 0 Å². The Hall–Kier alpha value is -3.76. The van der Waals surface area contributed by atoms with Gasteiger partial charge < -0.3 is 14.5 Å². The van der Waals surface area contributed by atoms with Crippen LogP contribution in [0.2, 0.25) is 0 Å². The summed E-state index contributed by atoms with van der Waals surface area (Å²) in [4.78, 5) is 21.7. The molecule has 2 aromatic heterocycles. The predicted molar refractivity (Wildman–Crippen MR) is 137 cm³/mol. The summed E-state index contributed by atoms with van der Waals surface area (Å²) in [5.41, 5.74) is 2.32. The molecule has 0 bridgehead atoms. The summed E-state index contributed by atoms with van der Waals surface area (Å²) in [6, 6.07) is 16.0. The van der Waals surface area contributed by atoms with Gasteiger partial charge in [0.1, 0.15) is 19.3 Å². The molecule has 2 atom stereocenters. The summed E-state index contributed by atoms with van der Waals surface area (Å²) in [6.45, 7) is 5.40. The van der Waals surface area contributed by atoms with Gasteiger partial charge >= 0.3 is 0 Å². The van der Waals surface area contributed by atoms with E-state index in [9.17, 15) is 4.79 Å². The monoisotopic (exact) mass is 499 g/mol. The standard InChI is InChI=1S/C27H29N7O3/c35-27-21(13-19-14-23-24(15-22(19)28-27)37-12-11-36-23)25(33-10-9-32-8-4-7-20(32)17-33)26-29-30-31-34(26)16-18-5-2-1-3-6-18/h1-3,5-6,13-15,20,25H,4,7-12,16-17H2,(H,28,35)/t20-,25+/m1/s1. The SMILES string of the molecule is O=c1[nH]c2cc3c(cc2cc1[C@@H](c1nnnn1Cc1ccccc1)N1CCN2CCC[C@@H]2C1)OCCO3. The summed E-state index contributed by atoms with van der Waals surface area (Å²) in [6.07, 6.45) is 2.40. The molecule has 3 aliphatic rings. The van der Waals surface area contributed by atoms with E-state index in [2.05, 4.69) is 42.4 Å². The Morgan fingerprint density at radius 1 is 1.03 bits per heavy atom. The lowest BCUT2D eigenvalue weighted by Gasteiger charge is -2.41. The highest BCUT2D eigenvalue weighted by Crippen LogP contribution is 2.36. The first-order valence-electron chi connectivity index (χ1n) is 13.0. The van der Waals surface area contributed by atoms with E-state index < -0.39 is 0 Å². The number of hydrogen-bond donors (Lipinski definition) is 1. The minimum Gasteiger partial charge on any atom is -0.486 e. The van der Waals surface area contributed by atoms with Crippen LogP contribution in [0.25, 0.3) is 10.9 Å². The maximum atomic E-state index is 13.6. The molecule has 0 unspecified atom stereocenters. The molecule has 10 heteroatoms. The van der Waals surface area contributed by atoms with Crippen molar-refractivity contribution in [1.82, 2.24) is 35.0 Å². The van der Waals surface area contributed by atoms with E-state index in [4.69, 9.17) is 9.47 Å². The van der Waals surface area contributed by atoms with Gasteiger partial charge in [0.25, 0.3) is 5.56 Å². The smallest absolute Gasteiger partial charge is 0.253 e. The first-order valence-corrected chi connectivity index (χ1v) is 13.0. The number of aromatic amines is 1. The Morgan fingerprint density at radius 2 is 1.86 bits per heavy atom. The van der Waals surface area contributed by atoms with Gasteiger partial charge in [-0.15, -0.1) is 5.10 Å². The number of tetrazole rings is 1. The minimum absolute atomic E-state index is 0.141. The molecule has 0 amide bonds. The Labute approximate surface area is 213 Å². The summed E-state index contributed by atoms with van der Waals surface area (Å²) in [7, 11) is 0. The highest BCUT2D eigenvalue weighted by molar-refractivity contribution is 5.83. The number of nitrogens with one attached hydrogen (secondary N) is 1. The van der Waals surface area contributed by atoms with Crippen molar-refractivity contribution in [2.75, 3.05) is 39.4 Å². The third-order valence-corrected chi connectivity index (χ3v) is 7.79. The molecule has 7 rings (SSSR count). The van der Waals surface area contributed by atoms with E-state index in [0.717, 1.165) is 42.6 Å². The number of aromatic nitrogens is 5. The molecule has 0 aliphatic carbocycles. The fraction of sp³-hybridized carbons (Fsp3) is 0.407. The van der Waals surface area contributed by atoms with Crippen molar-refractivity contribution in [3.63, 3.8) is 0 Å². The van der Waals surface area contributed by atoms with Gasteiger partial charge in [0.15, 0.2) is 17.3 Å². The summed E-state index contributed by atoms with van der Waals surface area (Å²) in [5.74, 6) is 2.03.